The zero-order valence-corrected chi connectivity index (χ0v) is 14.4. The van der Waals surface area contributed by atoms with Crippen LogP contribution >= 0.6 is 0 Å². The molecule has 1 atom stereocenters. The van der Waals surface area contributed by atoms with Gasteiger partial charge in [-0.05, 0) is 37.5 Å². The van der Waals surface area contributed by atoms with Crippen LogP contribution in [0.5, 0.6) is 0 Å². The van der Waals surface area contributed by atoms with Gasteiger partial charge in [0.25, 0.3) is 5.91 Å². The summed E-state index contributed by atoms with van der Waals surface area (Å²) in [4.78, 5) is 23.6. The standard InChI is InChI=1S/C17H23F3N2O3/c1-4-25-16(24)22-14(8-11(2)3)10-21-15(23)12-6-5-7-13(9-12)17(18,19)20/h5-7,9,11,14H,4,8,10H2,1-3H3,(H,21,23)(H,22,24). The third-order valence-corrected chi connectivity index (χ3v) is 3.31. The molecule has 1 aromatic carbocycles. The van der Waals surface area contributed by atoms with Crippen molar-refractivity contribution in [2.75, 3.05) is 13.2 Å². The van der Waals surface area contributed by atoms with Crippen molar-refractivity contribution in [2.24, 2.45) is 5.92 Å². The van der Waals surface area contributed by atoms with E-state index < -0.39 is 23.7 Å². The van der Waals surface area contributed by atoms with Crippen LogP contribution in [0.2, 0.25) is 0 Å². The van der Waals surface area contributed by atoms with Gasteiger partial charge in [0.05, 0.1) is 12.2 Å². The van der Waals surface area contributed by atoms with Crippen LogP contribution in [-0.4, -0.2) is 31.2 Å². The molecule has 0 spiro atoms. The Balaban J connectivity index is 2.72. The Hall–Kier alpha value is -2.25. The number of hydrogen-bond donors (Lipinski definition) is 2. The molecule has 25 heavy (non-hydrogen) atoms. The summed E-state index contributed by atoms with van der Waals surface area (Å²) < 4.78 is 42.9. The number of alkyl carbamates (subject to hydrolysis) is 1. The summed E-state index contributed by atoms with van der Waals surface area (Å²) in [6.45, 7) is 5.89. The van der Waals surface area contributed by atoms with E-state index in [1.807, 2.05) is 13.8 Å². The van der Waals surface area contributed by atoms with Crippen molar-refractivity contribution in [1.82, 2.24) is 10.6 Å². The average Bonchev–Trinajstić information content (AvgIpc) is 2.51. The molecule has 1 rings (SSSR count). The second-order valence-electron chi connectivity index (χ2n) is 5.98. The second-order valence-corrected chi connectivity index (χ2v) is 5.98. The normalized spacial score (nSPS) is 12.6. The molecule has 1 unspecified atom stereocenters. The molecule has 0 aromatic heterocycles. The molecule has 0 aliphatic heterocycles. The monoisotopic (exact) mass is 360 g/mol. The number of ether oxygens (including phenoxy) is 1. The van der Waals surface area contributed by atoms with E-state index in [0.29, 0.717) is 6.42 Å². The maximum Gasteiger partial charge on any atom is 0.416 e. The molecule has 1 aromatic rings. The van der Waals surface area contributed by atoms with Gasteiger partial charge in [0.2, 0.25) is 0 Å². The highest BCUT2D eigenvalue weighted by Crippen LogP contribution is 2.29. The highest BCUT2D eigenvalue weighted by Gasteiger charge is 2.31. The molecule has 0 heterocycles. The fraction of sp³-hybridized carbons (Fsp3) is 0.529. The zero-order chi connectivity index (χ0) is 19.0. The summed E-state index contributed by atoms with van der Waals surface area (Å²) >= 11 is 0. The predicted octanol–water partition coefficient (Wildman–Crippen LogP) is 3.60. The van der Waals surface area contributed by atoms with Crippen molar-refractivity contribution in [2.45, 2.75) is 39.4 Å². The Morgan fingerprint density at radius 1 is 1.24 bits per heavy atom. The van der Waals surface area contributed by atoms with Gasteiger partial charge in [-0.1, -0.05) is 19.9 Å². The first-order valence-corrected chi connectivity index (χ1v) is 8.02. The number of amides is 2. The van der Waals surface area contributed by atoms with Gasteiger partial charge in [-0.25, -0.2) is 4.79 Å². The minimum Gasteiger partial charge on any atom is -0.450 e. The third kappa shape index (κ3) is 7.45. The van der Waals surface area contributed by atoms with Crippen molar-refractivity contribution >= 4 is 12.0 Å². The molecule has 0 bridgehead atoms. The lowest BCUT2D eigenvalue weighted by atomic mass is 10.0. The number of rotatable bonds is 7. The minimum atomic E-state index is -4.51. The molecule has 0 saturated heterocycles. The van der Waals surface area contributed by atoms with Gasteiger partial charge >= 0.3 is 12.3 Å². The summed E-state index contributed by atoms with van der Waals surface area (Å²) in [6, 6.07) is 3.81. The second kappa shape index (κ2) is 9.29. The first-order chi connectivity index (χ1) is 11.6. The first-order valence-electron chi connectivity index (χ1n) is 8.02. The lowest BCUT2D eigenvalue weighted by Crippen LogP contribution is -2.44. The number of carbonyl (C=O) groups is 2. The van der Waals surface area contributed by atoms with Crippen LogP contribution in [0.25, 0.3) is 0 Å². The Morgan fingerprint density at radius 3 is 2.48 bits per heavy atom. The van der Waals surface area contributed by atoms with Gasteiger partial charge in [0.1, 0.15) is 0 Å². The van der Waals surface area contributed by atoms with Crippen molar-refractivity contribution in [1.29, 1.82) is 0 Å². The fourth-order valence-corrected chi connectivity index (χ4v) is 2.26. The molecule has 0 aliphatic carbocycles. The van der Waals surface area contributed by atoms with Crippen molar-refractivity contribution in [3.8, 4) is 0 Å². The van der Waals surface area contributed by atoms with Crippen molar-refractivity contribution in [3.05, 3.63) is 35.4 Å². The molecule has 2 N–H and O–H groups in total. The van der Waals surface area contributed by atoms with Gasteiger partial charge in [0, 0.05) is 18.2 Å². The van der Waals surface area contributed by atoms with E-state index in [2.05, 4.69) is 10.6 Å². The van der Waals surface area contributed by atoms with E-state index in [1.165, 1.54) is 12.1 Å². The molecule has 0 saturated carbocycles. The lowest BCUT2D eigenvalue weighted by Gasteiger charge is -2.21. The van der Waals surface area contributed by atoms with Crippen LogP contribution in [0.15, 0.2) is 24.3 Å². The zero-order valence-electron chi connectivity index (χ0n) is 14.4. The number of halogens is 3. The molecule has 140 valence electrons. The van der Waals surface area contributed by atoms with Crippen LogP contribution in [-0.2, 0) is 10.9 Å². The Morgan fingerprint density at radius 2 is 1.92 bits per heavy atom. The van der Waals surface area contributed by atoms with Gasteiger partial charge in [-0.2, -0.15) is 13.2 Å². The molecule has 8 heteroatoms. The van der Waals surface area contributed by atoms with E-state index in [9.17, 15) is 22.8 Å². The number of benzene rings is 1. The highest BCUT2D eigenvalue weighted by atomic mass is 19.4. The van der Waals surface area contributed by atoms with Crippen LogP contribution in [0, 0.1) is 5.92 Å². The fourth-order valence-electron chi connectivity index (χ4n) is 2.26. The molecular formula is C17H23F3N2O3. The van der Waals surface area contributed by atoms with Gasteiger partial charge in [-0.15, -0.1) is 0 Å². The van der Waals surface area contributed by atoms with E-state index in [1.54, 1.807) is 6.92 Å². The van der Waals surface area contributed by atoms with Crippen LogP contribution in [0.3, 0.4) is 0 Å². The first kappa shape index (κ1) is 20.8. The number of hydrogen-bond acceptors (Lipinski definition) is 3. The largest absolute Gasteiger partial charge is 0.450 e. The Labute approximate surface area is 144 Å². The molecule has 0 aliphatic rings. The maximum absolute atomic E-state index is 12.7. The Bertz CT molecular complexity index is 589. The molecule has 2 amide bonds. The van der Waals surface area contributed by atoms with E-state index in [-0.39, 0.29) is 30.7 Å². The predicted molar refractivity (Wildman–Crippen MR) is 87.2 cm³/mol. The molecule has 5 nitrogen and oxygen atoms in total. The third-order valence-electron chi connectivity index (χ3n) is 3.31. The van der Waals surface area contributed by atoms with E-state index in [4.69, 9.17) is 4.74 Å². The summed E-state index contributed by atoms with van der Waals surface area (Å²) in [5.41, 5.74) is -0.974. The van der Waals surface area contributed by atoms with Crippen molar-refractivity contribution < 1.29 is 27.5 Å². The lowest BCUT2D eigenvalue weighted by molar-refractivity contribution is -0.137. The molecular weight excluding hydrogens is 337 g/mol. The smallest absolute Gasteiger partial charge is 0.416 e. The number of carbonyl (C=O) groups excluding carboxylic acids is 2. The van der Waals surface area contributed by atoms with Gasteiger partial charge in [0.15, 0.2) is 0 Å². The van der Waals surface area contributed by atoms with Crippen LogP contribution in [0.4, 0.5) is 18.0 Å². The maximum atomic E-state index is 12.7. The summed E-state index contributed by atoms with van der Waals surface area (Å²) in [6.07, 6.45) is -4.52. The number of alkyl halides is 3. The van der Waals surface area contributed by atoms with Crippen molar-refractivity contribution in [3.63, 3.8) is 0 Å². The summed E-state index contributed by atoms with van der Waals surface area (Å²) in [5, 5.41) is 5.19. The van der Waals surface area contributed by atoms with Crippen LogP contribution in [0.1, 0.15) is 43.1 Å². The molecule has 0 radical (unpaired) electrons. The summed E-state index contributed by atoms with van der Waals surface area (Å²) in [5.74, 6) is -0.386. The number of nitrogens with one attached hydrogen (secondary N) is 2. The summed E-state index contributed by atoms with van der Waals surface area (Å²) in [7, 11) is 0. The van der Waals surface area contributed by atoms with Gasteiger partial charge < -0.3 is 15.4 Å². The van der Waals surface area contributed by atoms with E-state index >= 15 is 0 Å². The van der Waals surface area contributed by atoms with Gasteiger partial charge in [-0.3, -0.25) is 4.79 Å². The Kier molecular flexibility index (Phi) is 7.73. The minimum absolute atomic E-state index is 0.0887. The average molecular weight is 360 g/mol. The molecule has 0 fully saturated rings. The SMILES string of the molecule is CCOC(=O)NC(CNC(=O)c1cccc(C(F)(F)F)c1)CC(C)C. The van der Waals surface area contributed by atoms with Crippen LogP contribution < -0.4 is 10.6 Å². The topological polar surface area (TPSA) is 67.4 Å². The van der Waals surface area contributed by atoms with E-state index in [0.717, 1.165) is 12.1 Å². The highest BCUT2D eigenvalue weighted by molar-refractivity contribution is 5.94. The quantitative estimate of drug-likeness (QED) is 0.781.